The van der Waals surface area contributed by atoms with Crippen LogP contribution in [0.15, 0.2) is 28.8 Å². The summed E-state index contributed by atoms with van der Waals surface area (Å²) in [7, 11) is 0. The first-order chi connectivity index (χ1) is 12.1. The molecule has 0 bridgehead atoms. The zero-order valence-electron chi connectivity index (χ0n) is 14.8. The van der Waals surface area contributed by atoms with Crippen LogP contribution in [0.5, 0.6) is 5.75 Å². The summed E-state index contributed by atoms with van der Waals surface area (Å²) < 4.78 is 11.4. The molecule has 5 nitrogen and oxygen atoms in total. The number of amides is 1. The van der Waals surface area contributed by atoms with Crippen LogP contribution in [-0.4, -0.2) is 28.6 Å². The quantitative estimate of drug-likeness (QED) is 0.853. The Kier molecular flexibility index (Phi) is 4.24. The van der Waals surface area contributed by atoms with Crippen molar-refractivity contribution >= 4 is 5.91 Å². The molecule has 0 saturated carbocycles. The van der Waals surface area contributed by atoms with Gasteiger partial charge in [0, 0.05) is 12.6 Å². The van der Waals surface area contributed by atoms with Gasteiger partial charge < -0.3 is 14.2 Å². The molecular formula is C20H24N2O3. The van der Waals surface area contributed by atoms with Crippen molar-refractivity contribution < 1.29 is 14.1 Å². The largest absolute Gasteiger partial charge is 0.481 e. The topological polar surface area (TPSA) is 55.6 Å². The van der Waals surface area contributed by atoms with Gasteiger partial charge in [-0.15, -0.1) is 0 Å². The zero-order valence-corrected chi connectivity index (χ0v) is 14.8. The van der Waals surface area contributed by atoms with Gasteiger partial charge in [-0.25, -0.2) is 0 Å². The number of benzene rings is 1. The lowest BCUT2D eigenvalue weighted by atomic mass is 10.1. The van der Waals surface area contributed by atoms with Crippen LogP contribution in [0.25, 0.3) is 0 Å². The Bertz CT molecular complexity index is 783. The number of ether oxygens (including phenoxy) is 1. The minimum absolute atomic E-state index is 0.0112. The fourth-order valence-corrected chi connectivity index (χ4v) is 3.98. The van der Waals surface area contributed by atoms with Crippen molar-refractivity contribution in [3.8, 4) is 5.75 Å². The van der Waals surface area contributed by atoms with Crippen LogP contribution >= 0.6 is 0 Å². The molecule has 0 radical (unpaired) electrons. The van der Waals surface area contributed by atoms with Gasteiger partial charge in [-0.3, -0.25) is 4.79 Å². The van der Waals surface area contributed by atoms with Crippen LogP contribution in [0, 0.1) is 6.92 Å². The molecule has 0 unspecified atom stereocenters. The normalized spacial score (nSPS) is 20.6. The third-order valence-corrected chi connectivity index (χ3v) is 5.24. The van der Waals surface area contributed by atoms with Crippen molar-refractivity contribution in [2.24, 2.45) is 0 Å². The molecule has 1 saturated heterocycles. The first-order valence-electron chi connectivity index (χ1n) is 9.14. The highest BCUT2D eigenvalue weighted by Gasteiger charge is 2.35. The molecule has 5 heteroatoms. The smallest absolute Gasteiger partial charge is 0.263 e. The van der Waals surface area contributed by atoms with E-state index in [0.717, 1.165) is 49.4 Å². The van der Waals surface area contributed by atoms with Gasteiger partial charge in [-0.1, -0.05) is 11.2 Å². The average molecular weight is 340 g/mol. The minimum Gasteiger partial charge on any atom is -0.481 e. The fraction of sp³-hybridized carbons (Fsp3) is 0.500. The van der Waals surface area contributed by atoms with Crippen molar-refractivity contribution in [2.75, 3.05) is 6.54 Å². The van der Waals surface area contributed by atoms with E-state index in [0.29, 0.717) is 0 Å². The second-order valence-electron chi connectivity index (χ2n) is 7.10. The standard InChI is InChI=1S/C20H24N2O3/c1-13-11-19(25-21-13)18-7-4-10-22(18)20(23)14(2)24-17-9-8-15-5-3-6-16(15)12-17/h8-9,11-12,14,18H,3-7,10H2,1-2H3/t14-,18-/m0/s1. The first-order valence-corrected chi connectivity index (χ1v) is 9.14. The van der Waals surface area contributed by atoms with E-state index < -0.39 is 6.10 Å². The second kappa shape index (κ2) is 6.54. The van der Waals surface area contributed by atoms with E-state index in [1.807, 2.05) is 30.9 Å². The van der Waals surface area contributed by atoms with Crippen LogP contribution < -0.4 is 4.74 Å². The highest BCUT2D eigenvalue weighted by molar-refractivity contribution is 5.81. The number of hydrogen-bond donors (Lipinski definition) is 0. The Hall–Kier alpha value is -2.30. The third-order valence-electron chi connectivity index (χ3n) is 5.24. The SMILES string of the molecule is Cc1cc([C@@H]2CCCN2C(=O)[C@H](C)Oc2ccc3c(c2)CCC3)on1. The molecule has 2 atom stereocenters. The molecule has 4 rings (SSSR count). The predicted octanol–water partition coefficient (Wildman–Crippen LogP) is 3.60. The molecular weight excluding hydrogens is 316 g/mol. The Balaban J connectivity index is 1.46. The van der Waals surface area contributed by atoms with E-state index in [9.17, 15) is 4.79 Å². The van der Waals surface area contributed by atoms with E-state index >= 15 is 0 Å². The van der Waals surface area contributed by atoms with Crippen LogP contribution in [-0.2, 0) is 17.6 Å². The number of hydrogen-bond acceptors (Lipinski definition) is 4. The summed E-state index contributed by atoms with van der Waals surface area (Å²) in [5, 5.41) is 3.96. The molecule has 2 heterocycles. The third kappa shape index (κ3) is 3.15. The van der Waals surface area contributed by atoms with Gasteiger partial charge in [-0.2, -0.15) is 0 Å². The molecule has 1 aliphatic heterocycles. The summed E-state index contributed by atoms with van der Waals surface area (Å²) in [5.74, 6) is 1.57. The van der Waals surface area contributed by atoms with E-state index in [-0.39, 0.29) is 11.9 Å². The van der Waals surface area contributed by atoms with E-state index in [4.69, 9.17) is 9.26 Å². The molecule has 1 aromatic carbocycles. The lowest BCUT2D eigenvalue weighted by Gasteiger charge is -2.26. The molecule has 132 valence electrons. The van der Waals surface area contributed by atoms with Crippen molar-refractivity contribution in [3.63, 3.8) is 0 Å². The number of fused-ring (bicyclic) bond motifs is 1. The van der Waals surface area contributed by atoms with Gasteiger partial charge in [-0.05, 0) is 69.2 Å². The Morgan fingerprint density at radius 3 is 2.92 bits per heavy atom. The lowest BCUT2D eigenvalue weighted by molar-refractivity contribution is -0.139. The van der Waals surface area contributed by atoms with Gasteiger partial charge in [0.25, 0.3) is 5.91 Å². The van der Waals surface area contributed by atoms with Crippen molar-refractivity contribution in [1.82, 2.24) is 10.1 Å². The molecule has 2 aliphatic rings. The van der Waals surface area contributed by atoms with Gasteiger partial charge in [0.15, 0.2) is 11.9 Å². The summed E-state index contributed by atoms with van der Waals surface area (Å²) in [4.78, 5) is 14.8. The highest BCUT2D eigenvalue weighted by atomic mass is 16.5. The molecule has 0 N–H and O–H groups in total. The minimum atomic E-state index is -0.510. The van der Waals surface area contributed by atoms with Gasteiger partial charge >= 0.3 is 0 Å². The monoisotopic (exact) mass is 340 g/mol. The highest BCUT2D eigenvalue weighted by Crippen LogP contribution is 2.33. The fourth-order valence-electron chi connectivity index (χ4n) is 3.98. The van der Waals surface area contributed by atoms with Crippen molar-refractivity contribution in [1.29, 1.82) is 0 Å². The summed E-state index contributed by atoms with van der Waals surface area (Å²) in [5.41, 5.74) is 3.61. The van der Waals surface area contributed by atoms with Crippen LogP contribution in [0.1, 0.15) is 54.8 Å². The first kappa shape index (κ1) is 16.2. The number of rotatable bonds is 4. The Morgan fingerprint density at radius 2 is 2.12 bits per heavy atom. The Morgan fingerprint density at radius 1 is 1.28 bits per heavy atom. The number of carbonyl (C=O) groups is 1. The summed E-state index contributed by atoms with van der Waals surface area (Å²) >= 11 is 0. The average Bonchev–Trinajstić information content (AvgIpc) is 3.33. The summed E-state index contributed by atoms with van der Waals surface area (Å²) in [6.45, 7) is 4.46. The maximum atomic E-state index is 12.9. The molecule has 0 spiro atoms. The van der Waals surface area contributed by atoms with Crippen molar-refractivity contribution in [2.45, 2.75) is 58.1 Å². The van der Waals surface area contributed by atoms with E-state index in [2.05, 4.69) is 17.3 Å². The molecule has 1 aromatic heterocycles. The molecule has 1 amide bonds. The Labute approximate surface area is 147 Å². The van der Waals surface area contributed by atoms with Crippen molar-refractivity contribution in [3.05, 3.63) is 46.8 Å². The number of nitrogens with zero attached hydrogens (tertiary/aromatic N) is 2. The molecule has 25 heavy (non-hydrogen) atoms. The van der Waals surface area contributed by atoms with E-state index in [1.165, 1.54) is 17.5 Å². The number of carbonyl (C=O) groups excluding carboxylic acids is 1. The van der Waals surface area contributed by atoms with Crippen LogP contribution in [0.2, 0.25) is 0 Å². The van der Waals surface area contributed by atoms with Crippen LogP contribution in [0.3, 0.4) is 0 Å². The molecule has 1 aliphatic carbocycles. The predicted molar refractivity (Wildman–Crippen MR) is 93.5 cm³/mol. The van der Waals surface area contributed by atoms with Gasteiger partial charge in [0.05, 0.1) is 11.7 Å². The maximum absolute atomic E-state index is 12.9. The number of aromatic nitrogens is 1. The lowest BCUT2D eigenvalue weighted by Crippen LogP contribution is -2.40. The zero-order chi connectivity index (χ0) is 17.4. The van der Waals surface area contributed by atoms with E-state index in [1.54, 1.807) is 0 Å². The van der Waals surface area contributed by atoms with Gasteiger partial charge in [0.1, 0.15) is 5.75 Å². The maximum Gasteiger partial charge on any atom is 0.263 e. The van der Waals surface area contributed by atoms with Gasteiger partial charge in [0.2, 0.25) is 0 Å². The van der Waals surface area contributed by atoms with Crippen LogP contribution in [0.4, 0.5) is 0 Å². The summed E-state index contributed by atoms with van der Waals surface area (Å²) in [6.07, 6.45) is 4.83. The summed E-state index contributed by atoms with van der Waals surface area (Å²) in [6, 6.07) is 8.09. The molecule has 1 fully saturated rings. The number of aryl methyl sites for hydroxylation is 3. The number of likely N-dealkylation sites (tertiary alicyclic amines) is 1. The second-order valence-corrected chi connectivity index (χ2v) is 7.10. The molecule has 2 aromatic rings.